The van der Waals surface area contributed by atoms with Gasteiger partial charge in [-0.3, -0.25) is 4.90 Å². The largest absolute Gasteiger partial charge is 0.295 e. The number of halogens is 1. The molecule has 128 valence electrons. The van der Waals surface area contributed by atoms with Gasteiger partial charge in [0.05, 0.1) is 5.02 Å². The number of hydrogen-bond acceptors (Lipinski definition) is 3. The smallest absolute Gasteiger partial charge is 0.242 e. The third-order valence-electron chi connectivity index (χ3n) is 4.36. The van der Waals surface area contributed by atoms with Gasteiger partial charge in [-0.25, -0.2) is 13.1 Å². The highest BCUT2D eigenvalue weighted by molar-refractivity contribution is 7.89. The third-order valence-corrected chi connectivity index (χ3v) is 6.28. The predicted octanol–water partition coefficient (Wildman–Crippen LogP) is 3.46. The van der Waals surface area contributed by atoms with E-state index in [0.717, 1.165) is 31.5 Å². The van der Waals surface area contributed by atoms with Gasteiger partial charge in [-0.2, -0.15) is 0 Å². The highest BCUT2D eigenvalue weighted by atomic mass is 35.5. The molecule has 1 N–H and O–H groups in total. The highest BCUT2D eigenvalue weighted by Gasteiger charge is 2.26. The van der Waals surface area contributed by atoms with Gasteiger partial charge in [0.15, 0.2) is 0 Å². The summed E-state index contributed by atoms with van der Waals surface area (Å²) in [6.45, 7) is 2.32. The Labute approximate surface area is 148 Å². The summed E-state index contributed by atoms with van der Waals surface area (Å²) >= 11 is 6.04. The van der Waals surface area contributed by atoms with E-state index in [0.29, 0.717) is 6.54 Å². The lowest BCUT2D eigenvalue weighted by Gasteiger charge is -2.28. The molecule has 1 heterocycles. The van der Waals surface area contributed by atoms with Gasteiger partial charge in [-0.1, -0.05) is 54.1 Å². The zero-order chi connectivity index (χ0) is 17.0. The second-order valence-corrected chi connectivity index (χ2v) is 8.09. The van der Waals surface area contributed by atoms with E-state index in [1.54, 1.807) is 18.2 Å². The zero-order valence-electron chi connectivity index (χ0n) is 13.4. The minimum Gasteiger partial charge on any atom is -0.295 e. The predicted molar refractivity (Wildman–Crippen MR) is 96.6 cm³/mol. The van der Waals surface area contributed by atoms with Crippen molar-refractivity contribution >= 4 is 21.6 Å². The second kappa shape index (κ2) is 7.66. The molecule has 1 atom stereocenters. The van der Waals surface area contributed by atoms with Crippen LogP contribution in [0.4, 0.5) is 0 Å². The summed E-state index contributed by atoms with van der Waals surface area (Å²) in [5.41, 5.74) is 1.13. The molecule has 0 bridgehead atoms. The molecular weight excluding hydrogens is 344 g/mol. The molecule has 6 heteroatoms. The maximum Gasteiger partial charge on any atom is 0.242 e. The summed E-state index contributed by atoms with van der Waals surface area (Å²) in [5, 5.41) is 0.238. The lowest BCUT2D eigenvalue weighted by Crippen LogP contribution is -2.36. The van der Waals surface area contributed by atoms with Crippen molar-refractivity contribution in [1.82, 2.24) is 9.62 Å². The number of nitrogens with zero attached hydrogens (tertiary/aromatic N) is 1. The minimum atomic E-state index is -3.63. The van der Waals surface area contributed by atoms with Crippen LogP contribution < -0.4 is 4.72 Å². The normalized spacial score (nSPS) is 17.0. The highest BCUT2D eigenvalue weighted by Crippen LogP contribution is 2.26. The van der Waals surface area contributed by atoms with E-state index >= 15 is 0 Å². The van der Waals surface area contributed by atoms with Crippen molar-refractivity contribution in [3.8, 4) is 0 Å². The Kier molecular flexibility index (Phi) is 5.56. The van der Waals surface area contributed by atoms with Crippen LogP contribution in [0.3, 0.4) is 0 Å². The monoisotopic (exact) mass is 364 g/mol. The van der Waals surface area contributed by atoms with Crippen LogP contribution in [0.15, 0.2) is 59.5 Å². The average molecular weight is 365 g/mol. The molecule has 1 aliphatic rings. The third kappa shape index (κ3) is 3.98. The SMILES string of the molecule is O=S(=O)(NCC(c1ccccc1)N1CCCC1)c1ccccc1Cl. The molecule has 24 heavy (non-hydrogen) atoms. The first-order chi connectivity index (χ1) is 11.6. The van der Waals surface area contributed by atoms with Crippen LogP contribution in [0.25, 0.3) is 0 Å². The lowest BCUT2D eigenvalue weighted by molar-refractivity contribution is 0.246. The van der Waals surface area contributed by atoms with Gasteiger partial charge < -0.3 is 0 Å². The van der Waals surface area contributed by atoms with Gasteiger partial charge in [0.25, 0.3) is 0 Å². The van der Waals surface area contributed by atoms with Crippen LogP contribution in [0, 0.1) is 0 Å². The fraction of sp³-hybridized carbons (Fsp3) is 0.333. The van der Waals surface area contributed by atoms with Gasteiger partial charge in [0.2, 0.25) is 10.0 Å². The summed E-state index contributed by atoms with van der Waals surface area (Å²) < 4.78 is 27.9. The van der Waals surface area contributed by atoms with Crippen LogP contribution >= 0.6 is 11.6 Å². The Morgan fingerprint density at radius 2 is 1.62 bits per heavy atom. The molecule has 0 amide bonds. The summed E-state index contributed by atoms with van der Waals surface area (Å²) in [6.07, 6.45) is 2.31. The van der Waals surface area contributed by atoms with Crippen molar-refractivity contribution in [2.45, 2.75) is 23.8 Å². The molecule has 2 aromatic carbocycles. The molecular formula is C18H21ClN2O2S. The number of rotatable bonds is 6. The number of nitrogens with one attached hydrogen (secondary N) is 1. The first-order valence-corrected chi connectivity index (χ1v) is 9.97. The maximum absolute atomic E-state index is 12.6. The van der Waals surface area contributed by atoms with Gasteiger partial charge in [-0.15, -0.1) is 0 Å². The van der Waals surface area contributed by atoms with Crippen molar-refractivity contribution in [3.63, 3.8) is 0 Å². The van der Waals surface area contributed by atoms with Crippen LogP contribution in [0.5, 0.6) is 0 Å². The fourth-order valence-corrected chi connectivity index (χ4v) is 4.67. The van der Waals surface area contributed by atoms with Gasteiger partial charge >= 0.3 is 0 Å². The molecule has 1 aliphatic heterocycles. The summed E-state index contributed by atoms with van der Waals surface area (Å²) in [6, 6.07) is 16.6. The molecule has 0 spiro atoms. The Hall–Kier alpha value is -1.40. The average Bonchev–Trinajstić information content (AvgIpc) is 3.10. The van der Waals surface area contributed by atoms with E-state index in [1.165, 1.54) is 6.07 Å². The number of benzene rings is 2. The molecule has 0 aromatic heterocycles. The van der Waals surface area contributed by atoms with Gasteiger partial charge in [0.1, 0.15) is 4.90 Å². The van der Waals surface area contributed by atoms with Crippen molar-refractivity contribution in [2.75, 3.05) is 19.6 Å². The Morgan fingerprint density at radius 1 is 1.00 bits per heavy atom. The minimum absolute atomic E-state index is 0.0333. The number of sulfonamides is 1. The van der Waals surface area contributed by atoms with E-state index in [1.807, 2.05) is 30.3 Å². The molecule has 0 radical (unpaired) electrons. The standard InChI is InChI=1S/C18H21ClN2O2S/c19-16-10-4-5-11-18(16)24(22,23)20-14-17(21-12-6-7-13-21)15-8-2-1-3-9-15/h1-5,8-11,17,20H,6-7,12-14H2. The Bertz CT molecular complexity index is 775. The topological polar surface area (TPSA) is 49.4 Å². The van der Waals surface area contributed by atoms with Crippen molar-refractivity contribution < 1.29 is 8.42 Å². The van der Waals surface area contributed by atoms with Crippen LogP contribution in [0.1, 0.15) is 24.4 Å². The molecule has 1 fully saturated rings. The quantitative estimate of drug-likeness (QED) is 0.854. The van der Waals surface area contributed by atoms with Gasteiger partial charge in [0, 0.05) is 12.6 Å². The fourth-order valence-electron chi connectivity index (χ4n) is 3.12. The molecule has 1 saturated heterocycles. The van der Waals surface area contributed by atoms with Gasteiger partial charge in [-0.05, 0) is 43.6 Å². The molecule has 1 unspecified atom stereocenters. The summed E-state index contributed by atoms with van der Waals surface area (Å²) in [4.78, 5) is 2.46. The summed E-state index contributed by atoms with van der Waals surface area (Å²) in [5.74, 6) is 0. The molecule has 3 rings (SSSR count). The van der Waals surface area contributed by atoms with Crippen LogP contribution in [-0.4, -0.2) is 33.0 Å². The number of likely N-dealkylation sites (tertiary alicyclic amines) is 1. The van der Waals surface area contributed by atoms with E-state index in [9.17, 15) is 8.42 Å². The van der Waals surface area contributed by atoms with Crippen molar-refractivity contribution in [1.29, 1.82) is 0 Å². The maximum atomic E-state index is 12.6. The molecule has 2 aromatic rings. The first kappa shape index (κ1) is 17.4. The second-order valence-electron chi connectivity index (χ2n) is 5.95. The van der Waals surface area contributed by atoms with E-state index in [2.05, 4.69) is 9.62 Å². The van der Waals surface area contributed by atoms with E-state index in [4.69, 9.17) is 11.6 Å². The summed E-state index contributed by atoms with van der Waals surface area (Å²) in [7, 11) is -3.63. The van der Waals surface area contributed by atoms with E-state index in [-0.39, 0.29) is 16.0 Å². The zero-order valence-corrected chi connectivity index (χ0v) is 14.9. The van der Waals surface area contributed by atoms with Crippen LogP contribution in [0.2, 0.25) is 5.02 Å². The number of hydrogen-bond donors (Lipinski definition) is 1. The van der Waals surface area contributed by atoms with E-state index < -0.39 is 10.0 Å². The van der Waals surface area contributed by atoms with Crippen molar-refractivity contribution in [3.05, 3.63) is 65.2 Å². The molecule has 4 nitrogen and oxygen atoms in total. The van der Waals surface area contributed by atoms with Crippen molar-refractivity contribution in [2.24, 2.45) is 0 Å². The Morgan fingerprint density at radius 3 is 2.29 bits per heavy atom. The van der Waals surface area contributed by atoms with Crippen LogP contribution in [-0.2, 0) is 10.0 Å². The molecule has 0 saturated carbocycles. The first-order valence-electron chi connectivity index (χ1n) is 8.11. The Balaban J connectivity index is 1.80. The lowest BCUT2D eigenvalue weighted by atomic mass is 10.1. The molecule has 0 aliphatic carbocycles.